The standard InChI is InChI=1S/C17H14BN3O3/c1-9-14-6-10(4-5-13(14)17(19)21-20-9)11-2-3-12-8-16(22)24-18(23)15(12)7-11/h2-7,23H,8H2,1H3,(H2,19,21). The van der Waals surface area contributed by atoms with Gasteiger partial charge in [0.1, 0.15) is 0 Å². The number of hydrogen-bond donors (Lipinski definition) is 2. The maximum Gasteiger partial charge on any atom is 0.562 e. The zero-order valence-electron chi connectivity index (χ0n) is 13.0. The van der Waals surface area contributed by atoms with Gasteiger partial charge in [-0.1, -0.05) is 24.3 Å². The average Bonchev–Trinajstić information content (AvgIpc) is 2.57. The van der Waals surface area contributed by atoms with E-state index in [1.54, 1.807) is 0 Å². The largest absolute Gasteiger partial charge is 0.562 e. The van der Waals surface area contributed by atoms with Crippen LogP contribution in [0.1, 0.15) is 11.3 Å². The highest BCUT2D eigenvalue weighted by molar-refractivity contribution is 6.63. The third-order valence-electron chi connectivity index (χ3n) is 4.32. The molecule has 0 amide bonds. The number of carbonyl (C=O) groups excluding carboxylic acids is 1. The molecule has 0 bridgehead atoms. The molecule has 0 unspecified atom stereocenters. The normalized spacial score (nSPS) is 13.8. The van der Waals surface area contributed by atoms with Crippen molar-refractivity contribution in [3.63, 3.8) is 0 Å². The van der Waals surface area contributed by atoms with E-state index in [1.165, 1.54) is 0 Å². The molecule has 0 atom stereocenters. The Kier molecular flexibility index (Phi) is 3.24. The van der Waals surface area contributed by atoms with E-state index in [2.05, 4.69) is 10.2 Å². The van der Waals surface area contributed by atoms with Gasteiger partial charge >= 0.3 is 7.12 Å². The van der Waals surface area contributed by atoms with Gasteiger partial charge in [-0.25, -0.2) is 0 Å². The van der Waals surface area contributed by atoms with E-state index in [1.807, 2.05) is 43.3 Å². The molecule has 0 saturated carbocycles. The van der Waals surface area contributed by atoms with Gasteiger partial charge in [0.05, 0.1) is 12.1 Å². The summed E-state index contributed by atoms with van der Waals surface area (Å²) in [5.41, 5.74) is 9.97. The first-order chi connectivity index (χ1) is 11.5. The summed E-state index contributed by atoms with van der Waals surface area (Å²) in [4.78, 5) is 11.4. The van der Waals surface area contributed by atoms with Crippen molar-refractivity contribution in [3.8, 4) is 11.1 Å². The molecule has 0 spiro atoms. The van der Waals surface area contributed by atoms with Crippen molar-refractivity contribution in [2.24, 2.45) is 0 Å². The van der Waals surface area contributed by atoms with Crippen LogP contribution in [0.3, 0.4) is 0 Å². The molecule has 3 aromatic rings. The van der Waals surface area contributed by atoms with E-state index in [0.29, 0.717) is 11.3 Å². The lowest BCUT2D eigenvalue weighted by Gasteiger charge is -2.19. The molecular formula is C17H14BN3O3. The molecule has 118 valence electrons. The van der Waals surface area contributed by atoms with Gasteiger partial charge in [-0.2, -0.15) is 5.10 Å². The number of nitrogen functional groups attached to an aromatic ring is 1. The smallest absolute Gasteiger partial charge is 0.506 e. The van der Waals surface area contributed by atoms with E-state index in [0.717, 1.165) is 33.2 Å². The van der Waals surface area contributed by atoms with Crippen LogP contribution >= 0.6 is 0 Å². The van der Waals surface area contributed by atoms with Crippen molar-refractivity contribution in [2.45, 2.75) is 13.3 Å². The van der Waals surface area contributed by atoms with E-state index in [-0.39, 0.29) is 6.42 Å². The van der Waals surface area contributed by atoms with Crippen molar-refractivity contribution < 1.29 is 14.5 Å². The van der Waals surface area contributed by atoms with Crippen molar-refractivity contribution in [1.82, 2.24) is 10.2 Å². The van der Waals surface area contributed by atoms with Gasteiger partial charge in [0.15, 0.2) is 5.82 Å². The monoisotopic (exact) mass is 319 g/mol. The number of nitrogens with two attached hydrogens (primary N) is 1. The van der Waals surface area contributed by atoms with Crippen LogP contribution in [0.15, 0.2) is 36.4 Å². The highest BCUT2D eigenvalue weighted by Gasteiger charge is 2.30. The number of anilines is 1. The van der Waals surface area contributed by atoms with E-state index in [9.17, 15) is 9.82 Å². The summed E-state index contributed by atoms with van der Waals surface area (Å²) in [6.45, 7) is 1.88. The summed E-state index contributed by atoms with van der Waals surface area (Å²) < 4.78 is 4.89. The number of nitrogens with zero attached hydrogens (tertiary/aromatic N) is 2. The number of benzene rings is 2. The van der Waals surface area contributed by atoms with Crippen molar-refractivity contribution >= 4 is 35.1 Å². The average molecular weight is 319 g/mol. The van der Waals surface area contributed by atoms with Gasteiger partial charge < -0.3 is 15.4 Å². The lowest BCUT2D eigenvalue weighted by atomic mass is 9.72. The summed E-state index contributed by atoms with van der Waals surface area (Å²) in [5.74, 6) is -0.0203. The Labute approximate surface area is 138 Å². The third-order valence-corrected chi connectivity index (χ3v) is 4.32. The zero-order chi connectivity index (χ0) is 16.8. The second kappa shape index (κ2) is 5.31. The second-order valence-electron chi connectivity index (χ2n) is 5.86. The predicted octanol–water partition coefficient (Wildman–Crippen LogP) is 0.974. The molecule has 2 heterocycles. The SMILES string of the molecule is Cc1nnc(N)c2ccc(-c3ccc4c(c3)B(O)OC(=O)C4)cc12. The molecule has 1 aromatic heterocycles. The molecule has 0 fully saturated rings. The van der Waals surface area contributed by atoms with Crippen LogP contribution in [0.5, 0.6) is 0 Å². The maximum absolute atomic E-state index is 11.4. The van der Waals surface area contributed by atoms with Crippen molar-refractivity contribution in [3.05, 3.63) is 47.7 Å². The maximum atomic E-state index is 11.4. The number of hydrogen-bond acceptors (Lipinski definition) is 6. The van der Waals surface area contributed by atoms with E-state index in [4.69, 9.17) is 10.4 Å². The van der Waals surface area contributed by atoms with Crippen molar-refractivity contribution in [2.75, 3.05) is 5.73 Å². The fourth-order valence-corrected chi connectivity index (χ4v) is 3.03. The molecule has 0 saturated heterocycles. The Hall–Kier alpha value is -2.93. The number of fused-ring (bicyclic) bond motifs is 2. The Morgan fingerprint density at radius 1 is 1.12 bits per heavy atom. The summed E-state index contributed by atoms with van der Waals surface area (Å²) in [6, 6.07) is 11.5. The summed E-state index contributed by atoms with van der Waals surface area (Å²) >= 11 is 0. The summed E-state index contributed by atoms with van der Waals surface area (Å²) in [7, 11) is -1.22. The van der Waals surface area contributed by atoms with E-state index < -0.39 is 13.1 Å². The Bertz CT molecular complexity index is 990. The topological polar surface area (TPSA) is 98.3 Å². The molecular weight excluding hydrogens is 305 g/mol. The first-order valence-electron chi connectivity index (χ1n) is 7.56. The van der Waals surface area contributed by atoms with Gasteiger partial charge in [-0.3, -0.25) is 4.79 Å². The summed E-state index contributed by atoms with van der Waals surface area (Å²) in [6.07, 6.45) is 0.176. The molecule has 24 heavy (non-hydrogen) atoms. The minimum atomic E-state index is -1.22. The lowest BCUT2D eigenvalue weighted by Crippen LogP contribution is -2.43. The highest BCUT2D eigenvalue weighted by atomic mass is 16.6. The minimum Gasteiger partial charge on any atom is -0.506 e. The van der Waals surface area contributed by atoms with Gasteiger partial charge in [0, 0.05) is 16.2 Å². The van der Waals surface area contributed by atoms with Crippen LogP contribution in [-0.2, 0) is 15.9 Å². The van der Waals surface area contributed by atoms with Gasteiger partial charge in [0.25, 0.3) is 5.97 Å². The van der Waals surface area contributed by atoms with Crippen LogP contribution in [-0.4, -0.2) is 28.3 Å². The van der Waals surface area contributed by atoms with Crippen LogP contribution in [0.2, 0.25) is 0 Å². The number of carbonyl (C=O) groups is 1. The Morgan fingerprint density at radius 2 is 1.88 bits per heavy atom. The molecule has 1 aliphatic heterocycles. The van der Waals surface area contributed by atoms with E-state index >= 15 is 0 Å². The minimum absolute atomic E-state index is 0.176. The van der Waals surface area contributed by atoms with Crippen LogP contribution in [0.4, 0.5) is 5.82 Å². The molecule has 3 N–H and O–H groups in total. The Balaban J connectivity index is 1.85. The molecule has 1 aliphatic rings. The van der Waals surface area contributed by atoms with Crippen LogP contribution < -0.4 is 11.2 Å². The predicted molar refractivity (Wildman–Crippen MR) is 91.5 cm³/mol. The molecule has 7 heteroatoms. The molecule has 2 aromatic carbocycles. The van der Waals surface area contributed by atoms with Crippen LogP contribution in [0.25, 0.3) is 21.9 Å². The highest BCUT2D eigenvalue weighted by Crippen LogP contribution is 2.28. The first kappa shape index (κ1) is 14.7. The summed E-state index contributed by atoms with van der Waals surface area (Å²) in [5, 5.41) is 19.8. The zero-order valence-corrected chi connectivity index (χ0v) is 13.0. The van der Waals surface area contributed by atoms with Gasteiger partial charge in [-0.05, 0) is 35.7 Å². The molecule has 0 aliphatic carbocycles. The fourth-order valence-electron chi connectivity index (χ4n) is 3.03. The number of aromatic nitrogens is 2. The van der Waals surface area contributed by atoms with Gasteiger partial charge in [-0.15, -0.1) is 5.10 Å². The van der Waals surface area contributed by atoms with Gasteiger partial charge in [0.2, 0.25) is 0 Å². The molecule has 6 nitrogen and oxygen atoms in total. The third kappa shape index (κ3) is 2.30. The van der Waals surface area contributed by atoms with Crippen molar-refractivity contribution in [1.29, 1.82) is 0 Å². The molecule has 0 radical (unpaired) electrons. The number of aryl methyl sites for hydroxylation is 1. The lowest BCUT2D eigenvalue weighted by molar-refractivity contribution is -0.135. The van der Waals surface area contributed by atoms with Crippen LogP contribution in [0, 0.1) is 6.92 Å². The second-order valence-corrected chi connectivity index (χ2v) is 5.86. The Morgan fingerprint density at radius 3 is 2.71 bits per heavy atom. The first-order valence-corrected chi connectivity index (χ1v) is 7.56. The number of rotatable bonds is 1. The quantitative estimate of drug-likeness (QED) is 0.649. The fraction of sp³-hybridized carbons (Fsp3) is 0.118. The molecule has 4 rings (SSSR count).